The number of hydrogen-bond acceptors (Lipinski definition) is 4. The van der Waals surface area contributed by atoms with Gasteiger partial charge in [0.1, 0.15) is 4.90 Å². The predicted octanol–water partition coefficient (Wildman–Crippen LogP) is 2.25. The molecule has 112 valence electrons. The summed E-state index contributed by atoms with van der Waals surface area (Å²) < 4.78 is 25.9. The highest BCUT2D eigenvalue weighted by Gasteiger charge is 2.16. The van der Waals surface area contributed by atoms with E-state index in [1.54, 1.807) is 12.1 Å². The molecule has 0 atom stereocenters. The minimum atomic E-state index is -3.54. The van der Waals surface area contributed by atoms with E-state index in [9.17, 15) is 8.42 Å². The van der Waals surface area contributed by atoms with Crippen LogP contribution in [-0.2, 0) is 10.0 Å². The fourth-order valence-electron chi connectivity index (χ4n) is 2.02. The summed E-state index contributed by atoms with van der Waals surface area (Å²) in [4.78, 5) is 2.04. The SMILES string of the molecule is CNS(=O)(=O)c1ccc(N(C)c2ccc(C)cc2)cc1N. The highest BCUT2D eigenvalue weighted by atomic mass is 32.2. The van der Waals surface area contributed by atoms with E-state index in [-0.39, 0.29) is 10.6 Å². The fraction of sp³-hybridized carbons (Fsp3) is 0.200. The van der Waals surface area contributed by atoms with Gasteiger partial charge in [-0.05, 0) is 44.3 Å². The number of nitrogens with one attached hydrogen (secondary N) is 1. The smallest absolute Gasteiger partial charge is 0.242 e. The molecule has 0 bridgehead atoms. The highest BCUT2D eigenvalue weighted by molar-refractivity contribution is 7.89. The molecular formula is C15H19N3O2S. The maximum atomic E-state index is 11.8. The lowest BCUT2D eigenvalue weighted by Gasteiger charge is -2.21. The lowest BCUT2D eigenvalue weighted by Crippen LogP contribution is -2.20. The van der Waals surface area contributed by atoms with E-state index in [1.807, 2.05) is 43.1 Å². The Hall–Kier alpha value is -2.05. The van der Waals surface area contributed by atoms with Crippen molar-refractivity contribution in [3.63, 3.8) is 0 Å². The van der Waals surface area contributed by atoms with Crippen molar-refractivity contribution >= 4 is 27.1 Å². The molecule has 0 fully saturated rings. The van der Waals surface area contributed by atoms with Gasteiger partial charge in [0.15, 0.2) is 0 Å². The summed E-state index contributed by atoms with van der Waals surface area (Å²) in [7, 11) is -0.264. The summed E-state index contributed by atoms with van der Waals surface area (Å²) in [6.45, 7) is 2.03. The van der Waals surface area contributed by atoms with E-state index in [0.29, 0.717) is 0 Å². The monoisotopic (exact) mass is 305 g/mol. The zero-order valence-corrected chi connectivity index (χ0v) is 13.1. The Morgan fingerprint density at radius 3 is 2.14 bits per heavy atom. The van der Waals surface area contributed by atoms with E-state index in [0.717, 1.165) is 11.4 Å². The number of nitrogens with two attached hydrogens (primary N) is 1. The Labute approximate surface area is 125 Å². The Bertz CT molecular complexity index is 740. The van der Waals surface area contributed by atoms with Crippen molar-refractivity contribution in [2.75, 3.05) is 24.7 Å². The van der Waals surface area contributed by atoms with Crippen molar-refractivity contribution in [3.8, 4) is 0 Å². The second kappa shape index (κ2) is 5.75. The molecular weight excluding hydrogens is 286 g/mol. The van der Waals surface area contributed by atoms with Crippen molar-refractivity contribution in [2.24, 2.45) is 0 Å². The topological polar surface area (TPSA) is 75.4 Å². The van der Waals surface area contributed by atoms with Crippen LogP contribution in [0, 0.1) is 6.92 Å². The van der Waals surface area contributed by atoms with Crippen LogP contribution in [0.25, 0.3) is 0 Å². The van der Waals surface area contributed by atoms with E-state index in [4.69, 9.17) is 5.73 Å². The molecule has 0 aromatic heterocycles. The van der Waals surface area contributed by atoms with Crippen LogP contribution >= 0.6 is 0 Å². The Balaban J connectivity index is 2.38. The average Bonchev–Trinajstić information content (AvgIpc) is 2.47. The van der Waals surface area contributed by atoms with E-state index in [1.165, 1.54) is 18.7 Å². The first-order chi connectivity index (χ1) is 9.85. The second-order valence-corrected chi connectivity index (χ2v) is 6.68. The van der Waals surface area contributed by atoms with Crippen LogP contribution in [0.15, 0.2) is 47.4 Å². The van der Waals surface area contributed by atoms with Crippen molar-refractivity contribution in [3.05, 3.63) is 48.0 Å². The molecule has 5 nitrogen and oxygen atoms in total. The van der Waals surface area contributed by atoms with Gasteiger partial charge >= 0.3 is 0 Å². The number of anilines is 3. The lowest BCUT2D eigenvalue weighted by atomic mass is 10.2. The summed E-state index contributed by atoms with van der Waals surface area (Å²) in [5, 5.41) is 0. The number of rotatable bonds is 4. The quantitative estimate of drug-likeness (QED) is 0.850. The van der Waals surface area contributed by atoms with Gasteiger partial charge in [0.2, 0.25) is 10.0 Å². The van der Waals surface area contributed by atoms with E-state index in [2.05, 4.69) is 4.72 Å². The Morgan fingerprint density at radius 1 is 1.05 bits per heavy atom. The molecule has 0 heterocycles. The summed E-state index contributed by atoms with van der Waals surface area (Å²) in [5.41, 5.74) is 9.11. The second-order valence-electron chi connectivity index (χ2n) is 4.82. The van der Waals surface area contributed by atoms with Gasteiger partial charge < -0.3 is 10.6 Å². The number of hydrogen-bond donors (Lipinski definition) is 2. The van der Waals surface area contributed by atoms with E-state index < -0.39 is 10.0 Å². The van der Waals surface area contributed by atoms with Gasteiger partial charge in [-0.1, -0.05) is 17.7 Å². The first-order valence-corrected chi connectivity index (χ1v) is 7.97. The van der Waals surface area contributed by atoms with Gasteiger partial charge in [0.05, 0.1) is 5.69 Å². The molecule has 21 heavy (non-hydrogen) atoms. The molecule has 0 radical (unpaired) electrons. The number of nitrogens with zero attached hydrogens (tertiary/aromatic N) is 1. The van der Waals surface area contributed by atoms with Crippen molar-refractivity contribution in [1.29, 1.82) is 0 Å². The first-order valence-electron chi connectivity index (χ1n) is 6.48. The molecule has 0 saturated heterocycles. The summed E-state index contributed by atoms with van der Waals surface area (Å²) in [6.07, 6.45) is 0. The third-order valence-corrected chi connectivity index (χ3v) is 4.85. The van der Waals surface area contributed by atoms with Crippen LogP contribution in [0.5, 0.6) is 0 Å². The molecule has 6 heteroatoms. The predicted molar refractivity (Wildman–Crippen MR) is 86.3 cm³/mol. The number of aryl methyl sites for hydroxylation is 1. The zero-order valence-electron chi connectivity index (χ0n) is 12.3. The first kappa shape index (κ1) is 15.3. The Kier molecular flexibility index (Phi) is 4.20. The summed E-state index contributed by atoms with van der Waals surface area (Å²) >= 11 is 0. The largest absolute Gasteiger partial charge is 0.398 e. The number of sulfonamides is 1. The van der Waals surface area contributed by atoms with Crippen molar-refractivity contribution in [1.82, 2.24) is 4.72 Å². The van der Waals surface area contributed by atoms with Crippen LogP contribution in [0.3, 0.4) is 0 Å². The molecule has 3 N–H and O–H groups in total. The van der Waals surface area contributed by atoms with Crippen LogP contribution in [0.1, 0.15) is 5.56 Å². The molecule has 0 aliphatic rings. The molecule has 2 aromatic rings. The van der Waals surface area contributed by atoms with Crippen molar-refractivity contribution < 1.29 is 8.42 Å². The maximum Gasteiger partial charge on any atom is 0.242 e. The zero-order chi connectivity index (χ0) is 15.6. The van der Waals surface area contributed by atoms with Gasteiger partial charge in [-0.15, -0.1) is 0 Å². The summed E-state index contributed by atoms with van der Waals surface area (Å²) in [5.74, 6) is 0. The highest BCUT2D eigenvalue weighted by Crippen LogP contribution is 2.28. The van der Waals surface area contributed by atoms with Crippen LogP contribution in [-0.4, -0.2) is 22.5 Å². The van der Waals surface area contributed by atoms with Gasteiger partial charge in [-0.25, -0.2) is 13.1 Å². The molecule has 0 spiro atoms. The molecule has 0 aliphatic carbocycles. The molecule has 0 saturated carbocycles. The average molecular weight is 305 g/mol. The van der Waals surface area contributed by atoms with Gasteiger partial charge in [0.25, 0.3) is 0 Å². The molecule has 2 rings (SSSR count). The third-order valence-electron chi connectivity index (χ3n) is 3.36. The van der Waals surface area contributed by atoms with E-state index >= 15 is 0 Å². The minimum Gasteiger partial charge on any atom is -0.398 e. The summed E-state index contributed by atoms with van der Waals surface area (Å²) in [6, 6.07) is 13.0. The number of nitrogen functional groups attached to an aromatic ring is 1. The molecule has 0 amide bonds. The lowest BCUT2D eigenvalue weighted by molar-refractivity contribution is 0.588. The Morgan fingerprint density at radius 2 is 1.62 bits per heavy atom. The van der Waals surface area contributed by atoms with Crippen molar-refractivity contribution in [2.45, 2.75) is 11.8 Å². The van der Waals surface area contributed by atoms with Gasteiger partial charge in [-0.2, -0.15) is 0 Å². The van der Waals surface area contributed by atoms with Gasteiger partial charge in [-0.3, -0.25) is 0 Å². The molecule has 0 unspecified atom stereocenters. The number of benzene rings is 2. The van der Waals surface area contributed by atoms with Crippen LogP contribution in [0.2, 0.25) is 0 Å². The molecule has 0 aliphatic heterocycles. The molecule has 2 aromatic carbocycles. The van der Waals surface area contributed by atoms with Gasteiger partial charge in [0, 0.05) is 18.4 Å². The fourth-order valence-corrected chi connectivity index (χ4v) is 2.85. The van der Waals surface area contributed by atoms with Crippen LogP contribution < -0.4 is 15.4 Å². The standard InChI is InChI=1S/C15H19N3O2S/c1-11-4-6-12(7-5-11)18(3)13-8-9-15(14(16)10-13)21(19,20)17-2/h4-10,17H,16H2,1-3H3. The minimum absolute atomic E-state index is 0.0889. The normalized spacial score (nSPS) is 11.4. The van der Waals surface area contributed by atoms with Crippen LogP contribution in [0.4, 0.5) is 17.1 Å². The third kappa shape index (κ3) is 3.17. The maximum absolute atomic E-state index is 11.8.